The van der Waals surface area contributed by atoms with Crippen molar-refractivity contribution in [1.82, 2.24) is 9.55 Å². The van der Waals surface area contributed by atoms with Gasteiger partial charge in [-0.2, -0.15) is 26.3 Å². The van der Waals surface area contributed by atoms with Crippen molar-refractivity contribution in [2.24, 2.45) is 5.73 Å². The highest BCUT2D eigenvalue weighted by molar-refractivity contribution is 5.89. The number of rotatable bonds is 3. The Morgan fingerprint density at radius 2 is 1.56 bits per heavy atom. The Kier molecular flexibility index (Phi) is 9.60. The molecule has 0 fully saturated rings. The summed E-state index contributed by atoms with van der Waals surface area (Å²) in [5.41, 5.74) is 7.74. The van der Waals surface area contributed by atoms with Gasteiger partial charge in [-0.1, -0.05) is 12.1 Å². The summed E-state index contributed by atoms with van der Waals surface area (Å²) in [7, 11) is 0. The molecule has 1 aromatic heterocycles. The molecular weight excluding hydrogens is 480 g/mol. The first-order valence-corrected chi connectivity index (χ1v) is 9.29. The first-order chi connectivity index (χ1) is 15.6. The zero-order valence-corrected chi connectivity index (χ0v) is 17.1. The number of nitrogens with two attached hydrogens (primary N) is 1. The Morgan fingerprint density at radius 3 is 2.00 bits per heavy atom. The lowest BCUT2D eigenvalue weighted by atomic mass is 9.99. The average Bonchev–Trinajstić information content (AvgIpc) is 3.18. The quantitative estimate of drug-likeness (QED) is 0.469. The molecule has 34 heavy (non-hydrogen) atoms. The zero-order chi connectivity index (χ0) is 26.3. The molecule has 1 aliphatic heterocycles. The number of carboxylic acid groups (broad SMARTS) is 3. The lowest BCUT2D eigenvalue weighted by Gasteiger charge is -2.21. The number of alkyl halides is 6. The molecule has 1 unspecified atom stereocenters. The maximum atomic E-state index is 11.0. The van der Waals surface area contributed by atoms with Crippen molar-refractivity contribution in [2.45, 2.75) is 37.7 Å². The van der Waals surface area contributed by atoms with E-state index in [-0.39, 0.29) is 5.56 Å². The molecular formula is C19H19F6N3O6. The van der Waals surface area contributed by atoms with Gasteiger partial charge in [0.1, 0.15) is 5.82 Å². The SMILES string of the molecule is NCC1CCCn2cc(-c3cccc(C(=O)O)c3)nc21.O=C(O)C(F)(F)F.O=C(O)C(F)(F)F. The standard InChI is InChI=1S/C15H17N3O2.2C2HF3O2/c16-8-12-5-2-6-18-9-13(17-14(12)18)10-3-1-4-11(7-10)15(19)20;2*3-2(4,5)1(6)7/h1,3-4,7,9,12H,2,5-6,8,16H2,(H,19,20);2*(H,6,7). The van der Waals surface area contributed by atoms with Crippen molar-refractivity contribution >= 4 is 17.9 Å². The number of aromatic nitrogens is 2. The minimum atomic E-state index is -5.08. The molecule has 0 radical (unpaired) electrons. The number of hydrogen-bond acceptors (Lipinski definition) is 5. The number of carbonyl (C=O) groups is 3. The molecule has 5 N–H and O–H groups in total. The van der Waals surface area contributed by atoms with Gasteiger partial charge in [0.05, 0.1) is 11.3 Å². The van der Waals surface area contributed by atoms with Crippen LogP contribution >= 0.6 is 0 Å². The lowest BCUT2D eigenvalue weighted by Crippen LogP contribution is -2.21. The number of aromatic carboxylic acids is 1. The van der Waals surface area contributed by atoms with Gasteiger partial charge in [0, 0.05) is 30.8 Å². The number of hydrogen-bond donors (Lipinski definition) is 4. The van der Waals surface area contributed by atoms with Gasteiger partial charge in [0.25, 0.3) is 0 Å². The highest BCUT2D eigenvalue weighted by atomic mass is 19.4. The van der Waals surface area contributed by atoms with Crippen LogP contribution in [0.2, 0.25) is 0 Å². The smallest absolute Gasteiger partial charge is 0.478 e. The van der Waals surface area contributed by atoms with Crippen molar-refractivity contribution in [2.75, 3.05) is 6.54 Å². The number of aliphatic carboxylic acids is 2. The van der Waals surface area contributed by atoms with Gasteiger partial charge in [-0.25, -0.2) is 19.4 Å². The van der Waals surface area contributed by atoms with Gasteiger partial charge in [-0.05, 0) is 25.0 Å². The van der Waals surface area contributed by atoms with Crippen molar-refractivity contribution in [3.05, 3.63) is 41.9 Å². The molecule has 0 amide bonds. The van der Waals surface area contributed by atoms with Crippen molar-refractivity contribution in [3.63, 3.8) is 0 Å². The lowest BCUT2D eigenvalue weighted by molar-refractivity contribution is -0.193. The van der Waals surface area contributed by atoms with E-state index in [9.17, 15) is 31.1 Å². The van der Waals surface area contributed by atoms with Gasteiger partial charge >= 0.3 is 30.3 Å². The maximum Gasteiger partial charge on any atom is 0.490 e. The van der Waals surface area contributed by atoms with Crippen LogP contribution < -0.4 is 5.73 Å². The molecule has 2 aromatic rings. The number of aryl methyl sites for hydroxylation is 1. The number of carboxylic acids is 3. The molecule has 1 aromatic carbocycles. The van der Waals surface area contributed by atoms with E-state index in [1.807, 2.05) is 12.3 Å². The number of halogens is 6. The summed E-state index contributed by atoms with van der Waals surface area (Å²) >= 11 is 0. The predicted molar refractivity (Wildman–Crippen MR) is 103 cm³/mol. The second-order valence-electron chi connectivity index (χ2n) is 6.74. The molecule has 0 saturated carbocycles. The van der Waals surface area contributed by atoms with Crippen LogP contribution in [0.3, 0.4) is 0 Å². The molecule has 188 valence electrons. The monoisotopic (exact) mass is 499 g/mol. The summed E-state index contributed by atoms with van der Waals surface area (Å²) in [6.07, 6.45) is -5.99. The van der Waals surface area contributed by atoms with Crippen LogP contribution in [0.25, 0.3) is 11.3 Å². The summed E-state index contributed by atoms with van der Waals surface area (Å²) in [6, 6.07) is 6.88. The normalized spacial score (nSPS) is 15.1. The van der Waals surface area contributed by atoms with Gasteiger partial charge in [-0.15, -0.1) is 0 Å². The number of nitrogens with zero attached hydrogens (tertiary/aromatic N) is 2. The summed E-state index contributed by atoms with van der Waals surface area (Å²) in [4.78, 5) is 33.5. The fraction of sp³-hybridized carbons (Fsp3) is 0.368. The van der Waals surface area contributed by atoms with Gasteiger partial charge < -0.3 is 25.6 Å². The fourth-order valence-corrected chi connectivity index (χ4v) is 2.75. The molecule has 1 aliphatic rings. The second-order valence-corrected chi connectivity index (χ2v) is 6.74. The topological polar surface area (TPSA) is 156 Å². The van der Waals surface area contributed by atoms with E-state index in [0.29, 0.717) is 12.5 Å². The molecule has 0 saturated heterocycles. The molecule has 2 heterocycles. The van der Waals surface area contributed by atoms with Crippen LogP contribution in [0.5, 0.6) is 0 Å². The van der Waals surface area contributed by atoms with E-state index >= 15 is 0 Å². The molecule has 0 aliphatic carbocycles. The third-order valence-corrected chi connectivity index (χ3v) is 4.30. The van der Waals surface area contributed by atoms with Crippen molar-refractivity contribution in [1.29, 1.82) is 0 Å². The Hall–Kier alpha value is -3.62. The highest BCUT2D eigenvalue weighted by Gasteiger charge is 2.38. The second kappa shape index (κ2) is 11.5. The van der Waals surface area contributed by atoms with Crippen LogP contribution in [0, 0.1) is 0 Å². The fourth-order valence-electron chi connectivity index (χ4n) is 2.75. The number of benzene rings is 1. The average molecular weight is 499 g/mol. The van der Waals surface area contributed by atoms with Crippen LogP contribution in [-0.4, -0.2) is 61.7 Å². The minimum absolute atomic E-state index is 0.281. The molecule has 9 nitrogen and oxygen atoms in total. The Bertz CT molecular complexity index is 995. The molecule has 15 heteroatoms. The van der Waals surface area contributed by atoms with E-state index in [4.69, 9.17) is 30.6 Å². The predicted octanol–water partition coefficient (Wildman–Crippen LogP) is 3.35. The summed E-state index contributed by atoms with van der Waals surface area (Å²) < 4.78 is 65.6. The van der Waals surface area contributed by atoms with E-state index in [1.54, 1.807) is 18.2 Å². The summed E-state index contributed by atoms with van der Waals surface area (Å²) in [5.74, 6) is -5.11. The first kappa shape index (κ1) is 28.4. The largest absolute Gasteiger partial charge is 0.490 e. The molecule has 0 spiro atoms. The van der Waals surface area contributed by atoms with Crippen molar-refractivity contribution in [3.8, 4) is 11.3 Å². The van der Waals surface area contributed by atoms with E-state index < -0.39 is 30.3 Å². The third kappa shape index (κ3) is 8.38. The van der Waals surface area contributed by atoms with E-state index in [0.717, 1.165) is 36.5 Å². The summed E-state index contributed by atoms with van der Waals surface area (Å²) in [6.45, 7) is 1.56. The summed E-state index contributed by atoms with van der Waals surface area (Å²) in [5, 5.41) is 23.3. The van der Waals surface area contributed by atoms with Gasteiger partial charge in [-0.3, -0.25) is 0 Å². The minimum Gasteiger partial charge on any atom is -0.478 e. The number of imidazole rings is 1. The van der Waals surface area contributed by atoms with Crippen LogP contribution in [0.1, 0.15) is 34.9 Å². The number of fused-ring (bicyclic) bond motifs is 1. The van der Waals surface area contributed by atoms with Crippen LogP contribution in [0.4, 0.5) is 26.3 Å². The Morgan fingerprint density at radius 1 is 1.03 bits per heavy atom. The first-order valence-electron chi connectivity index (χ1n) is 9.29. The highest BCUT2D eigenvalue weighted by Crippen LogP contribution is 2.29. The Labute approximate surface area is 187 Å². The third-order valence-electron chi connectivity index (χ3n) is 4.30. The maximum absolute atomic E-state index is 11.0. The van der Waals surface area contributed by atoms with E-state index in [2.05, 4.69) is 9.55 Å². The Balaban J connectivity index is 0.000000343. The zero-order valence-electron chi connectivity index (χ0n) is 17.1. The van der Waals surface area contributed by atoms with E-state index in [1.165, 1.54) is 0 Å². The molecule has 3 rings (SSSR count). The molecule has 1 atom stereocenters. The van der Waals surface area contributed by atoms with Gasteiger partial charge in [0.2, 0.25) is 0 Å². The van der Waals surface area contributed by atoms with Crippen LogP contribution in [0.15, 0.2) is 30.5 Å². The van der Waals surface area contributed by atoms with Crippen LogP contribution in [-0.2, 0) is 16.1 Å². The van der Waals surface area contributed by atoms with Gasteiger partial charge in [0.15, 0.2) is 0 Å². The molecule has 0 bridgehead atoms. The van der Waals surface area contributed by atoms with Crippen molar-refractivity contribution < 1.29 is 56.0 Å².